The SMILES string of the molecule is O=C(c1ccc(N2CCOCC2)cc1)N1CCN(c2ccccc2)CC1. The van der Waals surface area contributed by atoms with Crippen LogP contribution >= 0.6 is 0 Å². The molecule has 0 spiro atoms. The van der Waals surface area contributed by atoms with Gasteiger partial charge in [0.05, 0.1) is 13.2 Å². The van der Waals surface area contributed by atoms with E-state index in [1.54, 1.807) is 0 Å². The molecular weight excluding hydrogens is 326 g/mol. The van der Waals surface area contributed by atoms with Gasteiger partial charge in [-0.3, -0.25) is 4.79 Å². The van der Waals surface area contributed by atoms with Crippen molar-refractivity contribution in [2.24, 2.45) is 0 Å². The number of carbonyl (C=O) groups is 1. The predicted octanol–water partition coefficient (Wildman–Crippen LogP) is 2.49. The zero-order valence-electron chi connectivity index (χ0n) is 15.0. The van der Waals surface area contributed by atoms with Crippen molar-refractivity contribution in [2.45, 2.75) is 0 Å². The summed E-state index contributed by atoms with van der Waals surface area (Å²) < 4.78 is 5.40. The molecule has 2 saturated heterocycles. The van der Waals surface area contributed by atoms with Gasteiger partial charge >= 0.3 is 0 Å². The molecule has 136 valence electrons. The molecule has 2 aromatic carbocycles. The summed E-state index contributed by atoms with van der Waals surface area (Å²) in [6.45, 7) is 6.64. The van der Waals surface area contributed by atoms with Crippen molar-refractivity contribution in [1.82, 2.24) is 4.90 Å². The highest BCUT2D eigenvalue weighted by molar-refractivity contribution is 5.94. The maximum absolute atomic E-state index is 12.8. The first-order valence-corrected chi connectivity index (χ1v) is 9.33. The molecule has 0 bridgehead atoms. The molecule has 26 heavy (non-hydrogen) atoms. The zero-order valence-corrected chi connectivity index (χ0v) is 15.0. The number of hydrogen-bond acceptors (Lipinski definition) is 4. The van der Waals surface area contributed by atoms with Crippen molar-refractivity contribution in [3.05, 3.63) is 60.2 Å². The summed E-state index contributed by atoms with van der Waals surface area (Å²) in [6.07, 6.45) is 0. The van der Waals surface area contributed by atoms with Crippen LogP contribution in [0.1, 0.15) is 10.4 Å². The summed E-state index contributed by atoms with van der Waals surface area (Å²) in [4.78, 5) is 19.4. The lowest BCUT2D eigenvalue weighted by atomic mass is 10.1. The minimum atomic E-state index is 0.131. The Morgan fingerprint density at radius 3 is 1.92 bits per heavy atom. The lowest BCUT2D eigenvalue weighted by Crippen LogP contribution is -2.48. The van der Waals surface area contributed by atoms with E-state index in [0.717, 1.165) is 58.0 Å². The van der Waals surface area contributed by atoms with Crippen LogP contribution in [0.2, 0.25) is 0 Å². The molecule has 2 aromatic rings. The molecule has 5 nitrogen and oxygen atoms in total. The summed E-state index contributed by atoms with van der Waals surface area (Å²) in [7, 11) is 0. The summed E-state index contributed by atoms with van der Waals surface area (Å²) in [5.74, 6) is 0.131. The zero-order chi connectivity index (χ0) is 17.8. The van der Waals surface area contributed by atoms with Crippen molar-refractivity contribution in [1.29, 1.82) is 0 Å². The molecule has 0 N–H and O–H groups in total. The largest absolute Gasteiger partial charge is 0.378 e. The van der Waals surface area contributed by atoms with Gasteiger partial charge in [0.1, 0.15) is 0 Å². The molecule has 0 radical (unpaired) electrons. The van der Waals surface area contributed by atoms with E-state index < -0.39 is 0 Å². The molecule has 0 aromatic heterocycles. The Bertz CT molecular complexity index is 719. The fourth-order valence-electron chi connectivity index (χ4n) is 3.63. The number of carbonyl (C=O) groups excluding carboxylic acids is 1. The summed E-state index contributed by atoms with van der Waals surface area (Å²) >= 11 is 0. The topological polar surface area (TPSA) is 36.0 Å². The number of piperazine rings is 1. The number of morpholine rings is 1. The minimum Gasteiger partial charge on any atom is -0.378 e. The van der Waals surface area contributed by atoms with Gasteiger partial charge in [-0.25, -0.2) is 0 Å². The number of para-hydroxylation sites is 1. The van der Waals surface area contributed by atoms with Gasteiger partial charge in [-0.15, -0.1) is 0 Å². The van der Waals surface area contributed by atoms with Crippen molar-refractivity contribution < 1.29 is 9.53 Å². The Morgan fingerprint density at radius 1 is 0.692 bits per heavy atom. The normalized spacial score (nSPS) is 18.1. The van der Waals surface area contributed by atoms with Gasteiger partial charge in [0.2, 0.25) is 0 Å². The molecular formula is C21H25N3O2. The smallest absolute Gasteiger partial charge is 0.253 e. The third-order valence-electron chi connectivity index (χ3n) is 5.18. The molecule has 0 aliphatic carbocycles. The molecule has 5 heteroatoms. The first-order valence-electron chi connectivity index (χ1n) is 9.33. The van der Waals surface area contributed by atoms with E-state index in [4.69, 9.17) is 4.74 Å². The summed E-state index contributed by atoms with van der Waals surface area (Å²) in [5, 5.41) is 0. The van der Waals surface area contributed by atoms with E-state index in [2.05, 4.69) is 46.2 Å². The van der Waals surface area contributed by atoms with Gasteiger partial charge in [0.25, 0.3) is 5.91 Å². The lowest BCUT2D eigenvalue weighted by Gasteiger charge is -2.36. The maximum Gasteiger partial charge on any atom is 0.253 e. The van der Waals surface area contributed by atoms with Crippen LogP contribution in [0.5, 0.6) is 0 Å². The Labute approximate surface area is 154 Å². The van der Waals surface area contributed by atoms with Crippen LogP contribution in [0.4, 0.5) is 11.4 Å². The van der Waals surface area contributed by atoms with Crippen LogP contribution in [0.15, 0.2) is 54.6 Å². The molecule has 0 unspecified atom stereocenters. The van der Waals surface area contributed by atoms with Crippen LogP contribution in [0.25, 0.3) is 0 Å². The number of amides is 1. The van der Waals surface area contributed by atoms with Gasteiger partial charge < -0.3 is 19.4 Å². The van der Waals surface area contributed by atoms with E-state index in [1.165, 1.54) is 11.4 Å². The van der Waals surface area contributed by atoms with E-state index >= 15 is 0 Å². The Hall–Kier alpha value is -2.53. The summed E-state index contributed by atoms with van der Waals surface area (Å²) in [6, 6.07) is 18.4. The molecule has 1 amide bonds. The average Bonchev–Trinajstić information content (AvgIpc) is 2.75. The van der Waals surface area contributed by atoms with Gasteiger partial charge in [0.15, 0.2) is 0 Å². The number of anilines is 2. The quantitative estimate of drug-likeness (QED) is 0.851. The van der Waals surface area contributed by atoms with Crippen molar-refractivity contribution in [3.8, 4) is 0 Å². The second kappa shape index (κ2) is 7.79. The lowest BCUT2D eigenvalue weighted by molar-refractivity contribution is 0.0746. The minimum absolute atomic E-state index is 0.131. The summed E-state index contributed by atoms with van der Waals surface area (Å²) in [5.41, 5.74) is 3.17. The fourth-order valence-corrected chi connectivity index (χ4v) is 3.63. The number of ether oxygens (including phenoxy) is 1. The van der Waals surface area contributed by atoms with E-state index in [1.807, 2.05) is 23.1 Å². The molecule has 2 aliphatic rings. The van der Waals surface area contributed by atoms with Crippen molar-refractivity contribution in [2.75, 3.05) is 62.3 Å². The first-order chi connectivity index (χ1) is 12.8. The second-order valence-electron chi connectivity index (χ2n) is 6.76. The Morgan fingerprint density at radius 2 is 1.27 bits per heavy atom. The van der Waals surface area contributed by atoms with E-state index in [-0.39, 0.29) is 5.91 Å². The molecule has 2 heterocycles. The molecule has 2 aliphatic heterocycles. The third-order valence-corrected chi connectivity index (χ3v) is 5.18. The monoisotopic (exact) mass is 351 g/mol. The highest BCUT2D eigenvalue weighted by Gasteiger charge is 2.22. The number of nitrogens with zero attached hydrogens (tertiary/aromatic N) is 3. The van der Waals surface area contributed by atoms with Crippen LogP contribution in [0, 0.1) is 0 Å². The molecule has 0 atom stereocenters. The Balaban J connectivity index is 1.36. The Kier molecular flexibility index (Phi) is 5.07. The third kappa shape index (κ3) is 3.68. The van der Waals surface area contributed by atoms with Crippen molar-refractivity contribution in [3.63, 3.8) is 0 Å². The van der Waals surface area contributed by atoms with Crippen molar-refractivity contribution >= 4 is 17.3 Å². The van der Waals surface area contributed by atoms with E-state index in [9.17, 15) is 4.79 Å². The highest BCUT2D eigenvalue weighted by atomic mass is 16.5. The standard InChI is InChI=1S/C21H25N3O2/c25-21(18-6-8-20(9-7-18)23-14-16-26-17-15-23)24-12-10-22(11-13-24)19-4-2-1-3-5-19/h1-9H,10-17H2. The van der Waals surface area contributed by atoms with Crippen LogP contribution in [0.3, 0.4) is 0 Å². The fraction of sp³-hybridized carbons (Fsp3) is 0.381. The molecule has 0 saturated carbocycles. The van der Waals surface area contributed by atoms with Crippen LogP contribution in [-0.4, -0.2) is 63.3 Å². The predicted molar refractivity (Wildman–Crippen MR) is 104 cm³/mol. The molecule has 4 rings (SSSR count). The maximum atomic E-state index is 12.8. The highest BCUT2D eigenvalue weighted by Crippen LogP contribution is 2.19. The number of hydrogen-bond donors (Lipinski definition) is 0. The van der Waals surface area contributed by atoms with Gasteiger partial charge in [-0.1, -0.05) is 18.2 Å². The van der Waals surface area contributed by atoms with Gasteiger partial charge in [-0.05, 0) is 36.4 Å². The average molecular weight is 351 g/mol. The second-order valence-corrected chi connectivity index (χ2v) is 6.76. The first kappa shape index (κ1) is 16.9. The van der Waals surface area contributed by atoms with Crippen LogP contribution in [-0.2, 0) is 4.74 Å². The van der Waals surface area contributed by atoms with Crippen LogP contribution < -0.4 is 9.80 Å². The van der Waals surface area contributed by atoms with Gasteiger partial charge in [-0.2, -0.15) is 0 Å². The number of benzene rings is 2. The number of rotatable bonds is 3. The van der Waals surface area contributed by atoms with Gasteiger partial charge in [0, 0.05) is 56.2 Å². The molecule has 2 fully saturated rings. The van der Waals surface area contributed by atoms with E-state index in [0.29, 0.717) is 0 Å².